The van der Waals surface area contributed by atoms with E-state index in [1.54, 1.807) is 12.1 Å². The fourth-order valence-electron chi connectivity index (χ4n) is 2.63. The number of hydrogen-bond donors (Lipinski definition) is 2. The number of benzene rings is 1. The van der Waals surface area contributed by atoms with Crippen molar-refractivity contribution in [3.8, 4) is 0 Å². The molecular formula is C16H24N2O3S. The summed E-state index contributed by atoms with van der Waals surface area (Å²) >= 11 is 0. The van der Waals surface area contributed by atoms with Crippen molar-refractivity contribution < 1.29 is 13.2 Å². The monoisotopic (exact) mass is 324 g/mol. The molecule has 0 aliphatic heterocycles. The molecule has 0 atom stereocenters. The topological polar surface area (TPSA) is 75.3 Å². The van der Waals surface area contributed by atoms with Crippen LogP contribution in [0.15, 0.2) is 29.2 Å². The zero-order valence-electron chi connectivity index (χ0n) is 13.1. The summed E-state index contributed by atoms with van der Waals surface area (Å²) in [6.45, 7) is 3.95. The molecular weight excluding hydrogens is 300 g/mol. The van der Waals surface area contributed by atoms with Crippen LogP contribution in [0.25, 0.3) is 0 Å². The van der Waals surface area contributed by atoms with Crippen LogP contribution >= 0.6 is 0 Å². The molecule has 6 heteroatoms. The summed E-state index contributed by atoms with van der Waals surface area (Å²) in [5.41, 5.74) is 0.616. The third-order valence-corrected chi connectivity index (χ3v) is 5.26. The van der Waals surface area contributed by atoms with Gasteiger partial charge in [0.15, 0.2) is 0 Å². The molecule has 0 heterocycles. The maximum atomic E-state index is 12.3. The van der Waals surface area contributed by atoms with Gasteiger partial charge in [-0.1, -0.05) is 26.7 Å². The summed E-state index contributed by atoms with van der Waals surface area (Å²) in [6, 6.07) is 6.36. The Labute approximate surface area is 132 Å². The largest absolute Gasteiger partial charge is 0.326 e. The molecule has 1 amide bonds. The molecule has 1 aliphatic carbocycles. The lowest BCUT2D eigenvalue weighted by atomic mass is 10.1. The van der Waals surface area contributed by atoms with Gasteiger partial charge in [0.2, 0.25) is 15.9 Å². The maximum Gasteiger partial charge on any atom is 0.240 e. The number of amides is 1. The first-order valence-corrected chi connectivity index (χ1v) is 9.27. The fourth-order valence-corrected chi connectivity index (χ4v) is 3.94. The van der Waals surface area contributed by atoms with Gasteiger partial charge >= 0.3 is 0 Å². The zero-order valence-corrected chi connectivity index (χ0v) is 13.9. The first-order chi connectivity index (χ1) is 10.4. The minimum Gasteiger partial charge on any atom is -0.326 e. The van der Waals surface area contributed by atoms with Gasteiger partial charge in [-0.25, -0.2) is 13.1 Å². The van der Waals surface area contributed by atoms with Crippen molar-refractivity contribution in [1.82, 2.24) is 4.72 Å². The number of rotatable bonds is 6. The van der Waals surface area contributed by atoms with E-state index in [4.69, 9.17) is 0 Å². The van der Waals surface area contributed by atoms with E-state index >= 15 is 0 Å². The molecule has 1 fully saturated rings. The number of carbonyl (C=O) groups excluding carboxylic acids is 1. The summed E-state index contributed by atoms with van der Waals surface area (Å²) in [6.07, 6.45) is 4.41. The van der Waals surface area contributed by atoms with E-state index in [9.17, 15) is 13.2 Å². The van der Waals surface area contributed by atoms with Crippen molar-refractivity contribution in [2.24, 2.45) is 5.92 Å². The predicted molar refractivity (Wildman–Crippen MR) is 87.1 cm³/mol. The van der Waals surface area contributed by atoms with Gasteiger partial charge in [0.25, 0.3) is 0 Å². The van der Waals surface area contributed by atoms with Crippen LogP contribution in [-0.4, -0.2) is 20.4 Å². The van der Waals surface area contributed by atoms with Crippen LogP contribution in [0.1, 0.15) is 46.0 Å². The van der Waals surface area contributed by atoms with Crippen molar-refractivity contribution in [3.05, 3.63) is 24.3 Å². The van der Waals surface area contributed by atoms with Gasteiger partial charge in [-0.05, 0) is 43.0 Å². The highest BCUT2D eigenvalue weighted by Gasteiger charge is 2.22. The molecule has 2 rings (SSSR count). The third kappa shape index (κ3) is 4.81. The third-order valence-electron chi connectivity index (χ3n) is 3.72. The molecule has 1 aromatic rings. The van der Waals surface area contributed by atoms with E-state index in [0.29, 0.717) is 12.1 Å². The number of sulfonamides is 1. The van der Waals surface area contributed by atoms with E-state index in [0.717, 1.165) is 25.7 Å². The van der Waals surface area contributed by atoms with Crippen molar-refractivity contribution in [3.63, 3.8) is 0 Å². The Balaban J connectivity index is 1.99. The van der Waals surface area contributed by atoms with Crippen LogP contribution in [0.4, 0.5) is 5.69 Å². The summed E-state index contributed by atoms with van der Waals surface area (Å²) < 4.78 is 27.3. The Morgan fingerprint density at radius 1 is 1.18 bits per heavy atom. The number of anilines is 1. The molecule has 2 N–H and O–H groups in total. The Morgan fingerprint density at radius 2 is 1.77 bits per heavy atom. The lowest BCUT2D eigenvalue weighted by Crippen LogP contribution is -2.32. The summed E-state index contributed by atoms with van der Waals surface area (Å²) in [4.78, 5) is 11.9. The van der Waals surface area contributed by atoms with Gasteiger partial charge < -0.3 is 5.32 Å². The van der Waals surface area contributed by atoms with Gasteiger partial charge in [-0.2, -0.15) is 0 Å². The second-order valence-corrected chi connectivity index (χ2v) is 7.99. The first-order valence-electron chi connectivity index (χ1n) is 7.79. The molecule has 5 nitrogen and oxygen atoms in total. The molecule has 0 saturated heterocycles. The van der Waals surface area contributed by atoms with Crippen molar-refractivity contribution in [1.29, 1.82) is 0 Å². The van der Waals surface area contributed by atoms with Gasteiger partial charge in [0, 0.05) is 18.2 Å². The molecule has 1 saturated carbocycles. The minimum atomic E-state index is -3.47. The van der Waals surface area contributed by atoms with E-state index in [2.05, 4.69) is 10.0 Å². The normalized spacial score (nSPS) is 16.1. The molecule has 122 valence electrons. The molecule has 22 heavy (non-hydrogen) atoms. The zero-order chi connectivity index (χ0) is 16.2. The lowest BCUT2D eigenvalue weighted by Gasteiger charge is -2.13. The highest BCUT2D eigenvalue weighted by molar-refractivity contribution is 7.89. The van der Waals surface area contributed by atoms with Crippen LogP contribution in [0.5, 0.6) is 0 Å². The number of carbonyl (C=O) groups is 1. The number of hydrogen-bond acceptors (Lipinski definition) is 3. The van der Waals surface area contributed by atoms with Crippen molar-refractivity contribution >= 4 is 21.6 Å². The first kappa shape index (κ1) is 17.0. The van der Waals surface area contributed by atoms with E-state index in [-0.39, 0.29) is 22.8 Å². The molecule has 0 unspecified atom stereocenters. The molecule has 0 bridgehead atoms. The summed E-state index contributed by atoms with van der Waals surface area (Å²) in [5.74, 6) is 0.227. The van der Waals surface area contributed by atoms with Gasteiger partial charge in [0.05, 0.1) is 4.90 Å². The van der Waals surface area contributed by atoms with E-state index in [1.807, 2.05) is 13.8 Å². The molecule has 1 aromatic carbocycles. The van der Waals surface area contributed by atoms with Gasteiger partial charge in [-0.15, -0.1) is 0 Å². The van der Waals surface area contributed by atoms with Crippen LogP contribution in [-0.2, 0) is 14.8 Å². The van der Waals surface area contributed by atoms with Crippen LogP contribution in [0.3, 0.4) is 0 Å². The van der Waals surface area contributed by atoms with Crippen LogP contribution in [0, 0.1) is 5.92 Å². The molecule has 1 aliphatic rings. The SMILES string of the molecule is CC(C)CC(=O)Nc1ccc(S(=O)(=O)NC2CCCC2)cc1. The standard InChI is InChI=1S/C16H24N2O3S/c1-12(2)11-16(19)17-13-7-9-15(10-8-13)22(20,21)18-14-5-3-4-6-14/h7-10,12,14,18H,3-6,11H2,1-2H3,(H,17,19). The lowest BCUT2D eigenvalue weighted by molar-refractivity contribution is -0.116. The molecule has 0 spiro atoms. The van der Waals surface area contributed by atoms with Crippen molar-refractivity contribution in [2.45, 2.75) is 56.9 Å². The van der Waals surface area contributed by atoms with Crippen LogP contribution < -0.4 is 10.0 Å². The quantitative estimate of drug-likeness (QED) is 0.845. The van der Waals surface area contributed by atoms with E-state index in [1.165, 1.54) is 12.1 Å². The number of nitrogens with one attached hydrogen (secondary N) is 2. The highest BCUT2D eigenvalue weighted by atomic mass is 32.2. The Kier molecular flexibility index (Phi) is 5.58. The Hall–Kier alpha value is -1.40. The average Bonchev–Trinajstić information content (AvgIpc) is 2.90. The van der Waals surface area contributed by atoms with Gasteiger partial charge in [0.1, 0.15) is 0 Å². The Morgan fingerprint density at radius 3 is 2.32 bits per heavy atom. The minimum absolute atomic E-state index is 0.0513. The van der Waals surface area contributed by atoms with Crippen molar-refractivity contribution in [2.75, 3.05) is 5.32 Å². The van der Waals surface area contributed by atoms with Crippen LogP contribution in [0.2, 0.25) is 0 Å². The highest BCUT2D eigenvalue weighted by Crippen LogP contribution is 2.21. The van der Waals surface area contributed by atoms with Gasteiger partial charge in [-0.3, -0.25) is 4.79 Å². The van der Waals surface area contributed by atoms with E-state index < -0.39 is 10.0 Å². The molecule has 0 radical (unpaired) electrons. The Bertz CT molecular complexity index is 603. The molecule has 0 aromatic heterocycles. The fraction of sp³-hybridized carbons (Fsp3) is 0.562. The summed E-state index contributed by atoms with van der Waals surface area (Å²) in [7, 11) is -3.47. The average molecular weight is 324 g/mol. The maximum absolute atomic E-state index is 12.3. The summed E-state index contributed by atoms with van der Waals surface area (Å²) in [5, 5.41) is 2.77. The second-order valence-electron chi connectivity index (χ2n) is 6.27. The predicted octanol–water partition coefficient (Wildman–Crippen LogP) is 2.89. The second kappa shape index (κ2) is 7.24. The smallest absolute Gasteiger partial charge is 0.240 e.